The molecule has 1 fully saturated rings. The quantitative estimate of drug-likeness (QED) is 0.278. The van der Waals surface area contributed by atoms with Gasteiger partial charge in [-0.15, -0.1) is 11.3 Å². The van der Waals surface area contributed by atoms with Crippen molar-refractivity contribution in [1.82, 2.24) is 10.2 Å². The highest BCUT2D eigenvalue weighted by Crippen LogP contribution is 2.35. The third-order valence-electron chi connectivity index (χ3n) is 7.94. The largest absolute Gasteiger partial charge is 0.468 e. The van der Waals surface area contributed by atoms with Crippen molar-refractivity contribution in [2.75, 3.05) is 53.8 Å². The smallest absolute Gasteiger partial charge is 0.313 e. The van der Waals surface area contributed by atoms with Gasteiger partial charge in [0.1, 0.15) is 15.8 Å². The van der Waals surface area contributed by atoms with Crippen molar-refractivity contribution in [2.24, 2.45) is 0 Å². The number of nitrogens with one attached hydrogen (secondary N) is 2. The zero-order valence-corrected chi connectivity index (χ0v) is 25.5. The Bertz CT molecular complexity index is 1700. The van der Waals surface area contributed by atoms with E-state index in [0.29, 0.717) is 62.7 Å². The molecule has 1 saturated heterocycles. The third-order valence-corrected chi connectivity index (χ3v) is 11.1. The number of piperazine rings is 1. The number of halogens is 1. The van der Waals surface area contributed by atoms with E-state index in [2.05, 4.69) is 20.4 Å². The van der Waals surface area contributed by atoms with Gasteiger partial charge in [-0.1, -0.05) is 12.1 Å². The number of fused-ring (bicyclic) bond motifs is 1. The molecule has 230 valence electrons. The molecule has 10 nitrogen and oxygen atoms in total. The van der Waals surface area contributed by atoms with Crippen molar-refractivity contribution < 1.29 is 26.8 Å². The highest BCUT2D eigenvalue weighted by Gasteiger charge is 2.31. The molecule has 2 aromatic carbocycles. The van der Waals surface area contributed by atoms with Gasteiger partial charge in [0, 0.05) is 50.6 Å². The molecule has 0 aliphatic carbocycles. The zero-order chi connectivity index (χ0) is 30.7. The SMILES string of the molecule is O=C(NCC(c1ccco1)N1CCN(c2ccc(F)cc2)CC1)C(=O)Nc1ccc2c(c1)N(S(=O)(=O)c1cccs1)CCC2. The molecule has 4 aromatic rings. The van der Waals surface area contributed by atoms with Gasteiger partial charge in [0.25, 0.3) is 10.0 Å². The number of benzene rings is 2. The number of aryl methyl sites for hydroxylation is 1. The molecule has 4 heterocycles. The summed E-state index contributed by atoms with van der Waals surface area (Å²) in [6.07, 6.45) is 2.97. The predicted molar refractivity (Wildman–Crippen MR) is 167 cm³/mol. The Balaban J connectivity index is 1.09. The van der Waals surface area contributed by atoms with Crippen LogP contribution in [0.25, 0.3) is 0 Å². The monoisotopic (exact) mass is 637 g/mol. The van der Waals surface area contributed by atoms with Crippen LogP contribution in [0.15, 0.2) is 87.0 Å². The standard InChI is InChI=1S/C31H32FN5O5S2/c32-23-8-11-25(12-9-23)35-14-16-36(17-15-35)27(28-5-2-18-42-28)21-33-30(38)31(39)34-24-10-7-22-4-1-13-37(26(22)20-24)44(40,41)29-6-3-19-43-29/h2-3,5-12,18-20,27H,1,4,13-17,21H2,(H,33,38)(H,34,39). The molecule has 2 N–H and O–H groups in total. The molecule has 2 aromatic heterocycles. The number of sulfonamides is 1. The third kappa shape index (κ3) is 6.35. The summed E-state index contributed by atoms with van der Waals surface area (Å²) in [6.45, 7) is 3.23. The van der Waals surface area contributed by atoms with Crippen LogP contribution in [0.1, 0.15) is 23.8 Å². The lowest BCUT2D eigenvalue weighted by Gasteiger charge is -2.39. The fourth-order valence-corrected chi connectivity index (χ4v) is 8.32. The van der Waals surface area contributed by atoms with Crippen molar-refractivity contribution >= 4 is 50.2 Å². The van der Waals surface area contributed by atoms with Crippen LogP contribution in [0.2, 0.25) is 0 Å². The maximum absolute atomic E-state index is 13.4. The summed E-state index contributed by atoms with van der Waals surface area (Å²) in [7, 11) is -3.74. The Morgan fingerprint density at radius 2 is 1.75 bits per heavy atom. The van der Waals surface area contributed by atoms with E-state index in [4.69, 9.17) is 4.42 Å². The number of amides is 2. The van der Waals surface area contributed by atoms with Gasteiger partial charge in [0.2, 0.25) is 0 Å². The maximum Gasteiger partial charge on any atom is 0.313 e. The fraction of sp³-hybridized carbons (Fsp3) is 0.290. The summed E-state index contributed by atoms with van der Waals surface area (Å²) in [6, 6.07) is 18.1. The highest BCUT2D eigenvalue weighted by molar-refractivity contribution is 7.94. The number of nitrogens with zero attached hydrogens (tertiary/aromatic N) is 3. The van der Waals surface area contributed by atoms with E-state index in [1.54, 1.807) is 60.2 Å². The van der Waals surface area contributed by atoms with Crippen molar-refractivity contribution in [2.45, 2.75) is 23.1 Å². The zero-order valence-electron chi connectivity index (χ0n) is 23.8. The molecule has 0 radical (unpaired) electrons. The van der Waals surface area contributed by atoms with Crippen molar-refractivity contribution in [3.63, 3.8) is 0 Å². The van der Waals surface area contributed by atoms with Crippen molar-refractivity contribution in [3.05, 3.63) is 95.5 Å². The van der Waals surface area contributed by atoms with Crippen LogP contribution in [0, 0.1) is 5.82 Å². The molecule has 0 saturated carbocycles. The average Bonchev–Trinajstić information content (AvgIpc) is 3.78. The highest BCUT2D eigenvalue weighted by atomic mass is 32.2. The number of thiophene rings is 1. The summed E-state index contributed by atoms with van der Waals surface area (Å²) >= 11 is 1.16. The van der Waals surface area contributed by atoms with Crippen LogP contribution < -0.4 is 19.8 Å². The number of hydrogen-bond donors (Lipinski definition) is 2. The van der Waals surface area contributed by atoms with Crippen LogP contribution in [0.3, 0.4) is 0 Å². The van der Waals surface area contributed by atoms with E-state index in [9.17, 15) is 22.4 Å². The Hall–Kier alpha value is -4.20. The topological polar surface area (TPSA) is 115 Å². The molecule has 6 rings (SSSR count). The molecule has 2 aliphatic rings. The first-order valence-electron chi connectivity index (χ1n) is 14.4. The lowest BCUT2D eigenvalue weighted by Crippen LogP contribution is -2.50. The molecule has 2 aliphatic heterocycles. The van der Waals surface area contributed by atoms with Crippen LogP contribution in [-0.2, 0) is 26.0 Å². The molecule has 1 unspecified atom stereocenters. The predicted octanol–water partition coefficient (Wildman–Crippen LogP) is 4.24. The van der Waals surface area contributed by atoms with Crippen LogP contribution >= 0.6 is 11.3 Å². The van der Waals surface area contributed by atoms with Crippen molar-refractivity contribution in [3.8, 4) is 0 Å². The van der Waals surface area contributed by atoms with E-state index in [1.165, 1.54) is 16.4 Å². The summed E-state index contributed by atoms with van der Waals surface area (Å²) in [5.74, 6) is -1.27. The maximum atomic E-state index is 13.4. The van der Waals surface area contributed by atoms with Gasteiger partial charge in [-0.25, -0.2) is 12.8 Å². The molecule has 0 bridgehead atoms. The van der Waals surface area contributed by atoms with Gasteiger partial charge in [0.05, 0.1) is 18.0 Å². The van der Waals surface area contributed by atoms with E-state index in [1.807, 2.05) is 6.07 Å². The Morgan fingerprint density at radius 1 is 0.955 bits per heavy atom. The number of carbonyl (C=O) groups excluding carboxylic acids is 2. The number of carbonyl (C=O) groups is 2. The molecular formula is C31H32FN5O5S2. The first-order chi connectivity index (χ1) is 21.3. The van der Waals surface area contributed by atoms with Gasteiger partial charge < -0.3 is 20.0 Å². The summed E-state index contributed by atoms with van der Waals surface area (Å²) in [4.78, 5) is 30.2. The second kappa shape index (κ2) is 12.8. The lowest BCUT2D eigenvalue weighted by molar-refractivity contribution is -0.136. The number of anilines is 3. The van der Waals surface area contributed by atoms with Crippen molar-refractivity contribution in [1.29, 1.82) is 0 Å². The van der Waals surface area contributed by atoms with E-state index < -0.39 is 21.8 Å². The molecule has 44 heavy (non-hydrogen) atoms. The van der Waals surface area contributed by atoms with E-state index >= 15 is 0 Å². The van der Waals surface area contributed by atoms with Gasteiger partial charge >= 0.3 is 11.8 Å². The minimum atomic E-state index is -3.74. The number of furan rings is 1. The summed E-state index contributed by atoms with van der Waals surface area (Å²) in [5, 5.41) is 7.08. The first kappa shape index (κ1) is 29.9. The van der Waals surface area contributed by atoms with Crippen LogP contribution in [0.4, 0.5) is 21.5 Å². The molecule has 1 atom stereocenters. The van der Waals surface area contributed by atoms with Gasteiger partial charge in [-0.2, -0.15) is 0 Å². The van der Waals surface area contributed by atoms with Crippen LogP contribution in [0.5, 0.6) is 0 Å². The Morgan fingerprint density at radius 3 is 2.45 bits per heavy atom. The Labute approximate surface area is 259 Å². The van der Waals surface area contributed by atoms with Gasteiger partial charge in [-0.3, -0.25) is 18.8 Å². The average molecular weight is 638 g/mol. The first-order valence-corrected chi connectivity index (χ1v) is 16.7. The molecule has 13 heteroatoms. The number of hydrogen-bond acceptors (Lipinski definition) is 8. The molecule has 2 amide bonds. The second-order valence-electron chi connectivity index (χ2n) is 10.7. The van der Waals surface area contributed by atoms with Crippen LogP contribution in [-0.4, -0.2) is 64.4 Å². The second-order valence-corrected chi connectivity index (χ2v) is 13.7. The molecular weight excluding hydrogens is 606 g/mol. The fourth-order valence-electron chi connectivity index (χ4n) is 5.68. The minimum absolute atomic E-state index is 0.146. The molecule has 0 spiro atoms. The van der Waals surface area contributed by atoms with Gasteiger partial charge in [0.15, 0.2) is 0 Å². The minimum Gasteiger partial charge on any atom is -0.468 e. The van der Waals surface area contributed by atoms with Gasteiger partial charge in [-0.05, 0) is 78.4 Å². The van der Waals surface area contributed by atoms with E-state index in [-0.39, 0.29) is 22.6 Å². The number of rotatable bonds is 8. The summed E-state index contributed by atoms with van der Waals surface area (Å²) < 4.78 is 47.2. The summed E-state index contributed by atoms with van der Waals surface area (Å²) in [5.41, 5.74) is 2.64. The lowest BCUT2D eigenvalue weighted by atomic mass is 10.0. The van der Waals surface area contributed by atoms with E-state index in [0.717, 1.165) is 22.6 Å². The normalized spacial score (nSPS) is 16.3. The Kier molecular flexibility index (Phi) is 8.69.